The van der Waals surface area contributed by atoms with E-state index in [1.54, 1.807) is 7.11 Å². The third kappa shape index (κ3) is 3.88. The Hall–Kier alpha value is -3.18. The van der Waals surface area contributed by atoms with Gasteiger partial charge in [0.05, 0.1) is 42.9 Å². The quantitative estimate of drug-likeness (QED) is 0.617. The SMILES string of the molecule is COc1cccc(C(C)N2CC[C@]3(C2)OCCn2nc(-c4cnc(N)c(C(F)(F)F)c4)cc23)n1. The van der Waals surface area contributed by atoms with E-state index >= 15 is 0 Å². The summed E-state index contributed by atoms with van der Waals surface area (Å²) in [7, 11) is 1.59. The van der Waals surface area contributed by atoms with Crippen LogP contribution in [0.25, 0.3) is 11.3 Å². The fraction of sp³-hybridized carbons (Fsp3) is 0.435. The molecule has 2 aliphatic heterocycles. The molecule has 0 amide bonds. The van der Waals surface area contributed by atoms with Crippen LogP contribution in [0, 0.1) is 0 Å². The Morgan fingerprint density at radius 2 is 2.06 bits per heavy atom. The number of nitrogen functional groups attached to an aromatic ring is 1. The lowest BCUT2D eigenvalue weighted by atomic mass is 9.96. The average molecular weight is 474 g/mol. The first kappa shape index (κ1) is 22.6. The fourth-order valence-corrected chi connectivity index (χ4v) is 4.77. The molecule has 1 unspecified atom stereocenters. The number of nitrogens with zero attached hydrogens (tertiary/aromatic N) is 5. The maximum Gasteiger partial charge on any atom is 0.419 e. The van der Waals surface area contributed by atoms with Gasteiger partial charge >= 0.3 is 6.18 Å². The summed E-state index contributed by atoms with van der Waals surface area (Å²) in [5, 5.41) is 4.58. The average Bonchev–Trinajstić information content (AvgIpc) is 3.44. The zero-order valence-corrected chi connectivity index (χ0v) is 18.8. The van der Waals surface area contributed by atoms with Crippen LogP contribution in [0.15, 0.2) is 36.5 Å². The number of halogens is 3. The highest BCUT2D eigenvalue weighted by atomic mass is 19.4. The molecule has 0 bridgehead atoms. The van der Waals surface area contributed by atoms with Gasteiger partial charge in [-0.2, -0.15) is 18.3 Å². The number of hydrogen-bond acceptors (Lipinski definition) is 7. The summed E-state index contributed by atoms with van der Waals surface area (Å²) < 4.78 is 53.4. The molecule has 34 heavy (non-hydrogen) atoms. The number of alkyl halides is 3. The normalized spacial score (nSPS) is 21.6. The molecule has 0 saturated carbocycles. The topological polar surface area (TPSA) is 91.3 Å². The summed E-state index contributed by atoms with van der Waals surface area (Å²) in [6.45, 7) is 4.49. The summed E-state index contributed by atoms with van der Waals surface area (Å²) in [5.41, 5.74) is 6.34. The molecule has 180 valence electrons. The van der Waals surface area contributed by atoms with Gasteiger partial charge in [-0.1, -0.05) is 6.07 Å². The van der Waals surface area contributed by atoms with Crippen LogP contribution in [0.2, 0.25) is 0 Å². The van der Waals surface area contributed by atoms with Gasteiger partial charge in [-0.3, -0.25) is 9.58 Å². The van der Waals surface area contributed by atoms with Crippen LogP contribution in [-0.2, 0) is 23.1 Å². The highest BCUT2D eigenvalue weighted by Gasteiger charge is 2.47. The number of pyridine rings is 2. The lowest BCUT2D eigenvalue weighted by Crippen LogP contribution is -2.41. The Bertz CT molecular complexity index is 1210. The van der Waals surface area contributed by atoms with Gasteiger partial charge in [0.2, 0.25) is 5.88 Å². The Kier molecular flexibility index (Phi) is 5.48. The molecule has 3 aromatic heterocycles. The van der Waals surface area contributed by atoms with Gasteiger partial charge in [-0.15, -0.1) is 0 Å². The summed E-state index contributed by atoms with van der Waals surface area (Å²) in [6, 6.07) is 8.53. The van der Waals surface area contributed by atoms with Gasteiger partial charge in [-0.05, 0) is 31.5 Å². The monoisotopic (exact) mass is 474 g/mol. The molecule has 0 radical (unpaired) electrons. The standard InChI is InChI=1S/C23H25F3N6O2/c1-14(17-4-3-5-20(29-17)33-2)31-7-6-22(13-31)19-11-18(30-32(19)8-9-34-22)15-10-16(23(24,25)26)21(27)28-12-15/h3-5,10-12,14H,6-9,13H2,1-2H3,(H2,27,28)/t14?,22-/m1/s1. The summed E-state index contributed by atoms with van der Waals surface area (Å²) in [4.78, 5) is 10.6. The number of ether oxygens (including phenoxy) is 2. The molecular formula is C23H25F3N6O2. The summed E-state index contributed by atoms with van der Waals surface area (Å²) in [5.74, 6) is 0.0110. The highest BCUT2D eigenvalue weighted by molar-refractivity contribution is 5.63. The summed E-state index contributed by atoms with van der Waals surface area (Å²) in [6.07, 6.45) is -2.53. The molecule has 5 rings (SSSR count). The van der Waals surface area contributed by atoms with E-state index in [4.69, 9.17) is 15.2 Å². The van der Waals surface area contributed by atoms with Crippen molar-refractivity contribution in [1.29, 1.82) is 0 Å². The van der Waals surface area contributed by atoms with Crippen LogP contribution in [0.5, 0.6) is 5.88 Å². The first-order chi connectivity index (χ1) is 16.2. The van der Waals surface area contributed by atoms with Gasteiger partial charge in [0, 0.05) is 37.0 Å². The minimum atomic E-state index is -4.59. The zero-order chi connectivity index (χ0) is 24.1. The third-order valence-electron chi connectivity index (χ3n) is 6.64. The van der Waals surface area contributed by atoms with Gasteiger partial charge in [0.25, 0.3) is 0 Å². The largest absolute Gasteiger partial charge is 0.481 e. The van der Waals surface area contributed by atoms with E-state index in [9.17, 15) is 13.2 Å². The maximum atomic E-state index is 13.3. The number of likely N-dealkylation sites (tertiary alicyclic amines) is 1. The van der Waals surface area contributed by atoms with Gasteiger partial charge in [0.15, 0.2) is 0 Å². The third-order valence-corrected chi connectivity index (χ3v) is 6.64. The van der Waals surface area contributed by atoms with E-state index in [1.165, 1.54) is 6.20 Å². The number of aromatic nitrogens is 4. The minimum Gasteiger partial charge on any atom is -0.481 e. The Morgan fingerprint density at radius 1 is 1.24 bits per heavy atom. The van der Waals surface area contributed by atoms with Crippen molar-refractivity contribution < 1.29 is 22.6 Å². The van der Waals surface area contributed by atoms with Gasteiger partial charge < -0.3 is 15.2 Å². The fourth-order valence-electron chi connectivity index (χ4n) is 4.77. The molecule has 11 heteroatoms. The van der Waals surface area contributed by atoms with Crippen molar-refractivity contribution >= 4 is 5.82 Å². The molecule has 2 atom stereocenters. The number of methoxy groups -OCH3 is 1. The lowest BCUT2D eigenvalue weighted by molar-refractivity contribution is -0.137. The molecule has 5 heterocycles. The number of fused-ring (bicyclic) bond motifs is 2. The van der Waals surface area contributed by atoms with Gasteiger partial charge in [-0.25, -0.2) is 9.97 Å². The molecular weight excluding hydrogens is 449 g/mol. The Labute approximate surface area is 194 Å². The Morgan fingerprint density at radius 3 is 2.82 bits per heavy atom. The number of hydrogen-bond donors (Lipinski definition) is 1. The molecule has 0 aromatic carbocycles. The Balaban J connectivity index is 1.44. The molecule has 1 saturated heterocycles. The van der Waals surface area contributed by atoms with Crippen LogP contribution in [0.3, 0.4) is 0 Å². The van der Waals surface area contributed by atoms with Crippen molar-refractivity contribution in [3.05, 3.63) is 53.5 Å². The van der Waals surface area contributed by atoms with Crippen LogP contribution >= 0.6 is 0 Å². The van der Waals surface area contributed by atoms with Crippen molar-refractivity contribution in [3.63, 3.8) is 0 Å². The van der Waals surface area contributed by atoms with Crippen LogP contribution in [-0.4, -0.2) is 51.5 Å². The first-order valence-corrected chi connectivity index (χ1v) is 11.0. The molecule has 3 aromatic rings. The zero-order valence-electron chi connectivity index (χ0n) is 18.8. The number of nitrogens with two attached hydrogens (primary N) is 1. The van der Waals surface area contributed by atoms with E-state index < -0.39 is 23.2 Å². The predicted molar refractivity (Wildman–Crippen MR) is 118 cm³/mol. The molecule has 1 fully saturated rings. The van der Waals surface area contributed by atoms with Crippen molar-refractivity contribution in [3.8, 4) is 17.1 Å². The molecule has 0 aliphatic carbocycles. The van der Waals surface area contributed by atoms with Crippen molar-refractivity contribution in [2.24, 2.45) is 0 Å². The van der Waals surface area contributed by atoms with Crippen molar-refractivity contribution in [1.82, 2.24) is 24.6 Å². The highest BCUT2D eigenvalue weighted by Crippen LogP contribution is 2.43. The van der Waals surface area contributed by atoms with Gasteiger partial charge in [0.1, 0.15) is 11.4 Å². The van der Waals surface area contributed by atoms with E-state index in [0.717, 1.165) is 30.4 Å². The number of rotatable bonds is 4. The molecule has 1 spiro atoms. The minimum absolute atomic E-state index is 0.0338. The maximum absolute atomic E-state index is 13.3. The van der Waals surface area contributed by atoms with Crippen molar-refractivity contribution in [2.45, 2.75) is 37.7 Å². The first-order valence-electron chi connectivity index (χ1n) is 11.0. The molecule has 2 aliphatic rings. The van der Waals surface area contributed by atoms with E-state index in [-0.39, 0.29) is 11.6 Å². The second-order valence-corrected chi connectivity index (χ2v) is 8.64. The van der Waals surface area contributed by atoms with Crippen LogP contribution in [0.4, 0.5) is 19.0 Å². The van der Waals surface area contributed by atoms with E-state index in [1.807, 2.05) is 28.9 Å². The van der Waals surface area contributed by atoms with Crippen LogP contribution in [0.1, 0.15) is 36.3 Å². The lowest BCUT2D eigenvalue weighted by Gasteiger charge is -2.35. The van der Waals surface area contributed by atoms with Crippen LogP contribution < -0.4 is 10.5 Å². The van der Waals surface area contributed by atoms with E-state index in [2.05, 4.69) is 26.9 Å². The second kappa shape index (κ2) is 8.24. The summed E-state index contributed by atoms with van der Waals surface area (Å²) >= 11 is 0. The van der Waals surface area contributed by atoms with E-state index in [0.29, 0.717) is 31.3 Å². The second-order valence-electron chi connectivity index (χ2n) is 8.64. The van der Waals surface area contributed by atoms with Crippen molar-refractivity contribution in [2.75, 3.05) is 32.5 Å². The predicted octanol–water partition coefficient (Wildman–Crippen LogP) is 3.64. The molecule has 2 N–H and O–H groups in total. The number of anilines is 1. The smallest absolute Gasteiger partial charge is 0.419 e. The molecule has 8 nitrogen and oxygen atoms in total.